The Hall–Kier alpha value is -6.16. The maximum absolute atomic E-state index is 13.6. The van der Waals surface area contributed by atoms with Crippen LogP contribution in [-0.4, -0.2) is 131 Å². The van der Waals surface area contributed by atoms with Crippen molar-refractivity contribution < 1.29 is 58.2 Å². The second-order valence-corrected chi connectivity index (χ2v) is 16.8. The smallest absolute Gasteiger partial charge is 0.326 e. The molecule has 0 spiro atoms. The van der Waals surface area contributed by atoms with Crippen LogP contribution in [0.2, 0.25) is 0 Å². The number of carbonyl (C=O) groups is 10. The Morgan fingerprint density at radius 1 is 0.578 bits per heavy atom. The minimum atomic E-state index is -1.69. The zero-order chi connectivity index (χ0) is 48.8. The first-order valence-corrected chi connectivity index (χ1v) is 21.2. The van der Waals surface area contributed by atoms with Crippen molar-refractivity contribution in [2.24, 2.45) is 29.2 Å². The third-order valence-electron chi connectivity index (χ3n) is 9.60. The molecule has 0 saturated heterocycles. The summed E-state index contributed by atoms with van der Waals surface area (Å²) in [4.78, 5) is 129. The molecule has 0 aliphatic carbocycles. The number of hydrogen-bond acceptors (Lipinski definition) is 12. The van der Waals surface area contributed by atoms with E-state index in [1.165, 1.54) is 13.8 Å². The maximum Gasteiger partial charge on any atom is 0.326 e. The van der Waals surface area contributed by atoms with Crippen LogP contribution in [0.15, 0.2) is 30.3 Å². The Morgan fingerprint density at radius 3 is 1.58 bits per heavy atom. The quantitative estimate of drug-likeness (QED) is 0.0405. The number of aliphatic hydroxyl groups excluding tert-OH is 1. The molecule has 358 valence electrons. The van der Waals surface area contributed by atoms with E-state index in [-0.39, 0.29) is 43.9 Å². The molecule has 8 atom stereocenters. The molecule has 0 heterocycles. The van der Waals surface area contributed by atoms with Crippen LogP contribution < -0.4 is 54.0 Å². The van der Waals surface area contributed by atoms with Crippen molar-refractivity contribution in [3.63, 3.8) is 0 Å². The molecule has 1 rings (SSSR count). The maximum atomic E-state index is 13.6. The van der Waals surface area contributed by atoms with Gasteiger partial charge in [-0.1, -0.05) is 71.9 Å². The lowest BCUT2D eigenvalue weighted by Gasteiger charge is -2.28. The summed E-state index contributed by atoms with van der Waals surface area (Å²) in [5.74, 6) is -9.40. The minimum Gasteiger partial charge on any atom is -0.480 e. The molecule has 22 nitrogen and oxygen atoms in total. The van der Waals surface area contributed by atoms with Gasteiger partial charge in [-0.3, -0.25) is 43.2 Å². The molecule has 1 aromatic rings. The number of primary amides is 1. The van der Waals surface area contributed by atoms with Crippen molar-refractivity contribution in [1.29, 1.82) is 0 Å². The number of nitrogens with one attached hydrogen (secondary N) is 8. The van der Waals surface area contributed by atoms with Crippen LogP contribution in [0.1, 0.15) is 86.6 Å². The number of carboxylic acids is 1. The molecule has 0 aliphatic rings. The van der Waals surface area contributed by atoms with Crippen molar-refractivity contribution in [3.8, 4) is 0 Å². The molecule has 0 radical (unpaired) electrons. The summed E-state index contributed by atoms with van der Waals surface area (Å²) in [6.07, 6.45) is -2.02. The van der Waals surface area contributed by atoms with E-state index in [2.05, 4.69) is 42.5 Å². The third-order valence-corrected chi connectivity index (χ3v) is 9.60. The molecule has 0 unspecified atom stereocenters. The summed E-state index contributed by atoms with van der Waals surface area (Å²) in [5.41, 5.74) is 11.4. The topological polar surface area (TPSA) is 359 Å². The Morgan fingerprint density at radius 2 is 1.08 bits per heavy atom. The monoisotopic (exact) mass is 905 g/mol. The fraction of sp³-hybridized carbons (Fsp3) is 0.619. The lowest BCUT2D eigenvalue weighted by atomic mass is 10.0. The van der Waals surface area contributed by atoms with Crippen molar-refractivity contribution in [3.05, 3.63) is 35.9 Å². The normalized spacial score (nSPS) is 14.9. The molecule has 1 aromatic carbocycles. The van der Waals surface area contributed by atoms with Crippen LogP contribution in [0, 0.1) is 17.8 Å². The largest absolute Gasteiger partial charge is 0.480 e. The number of nitrogens with two attached hydrogens (primary N) is 2. The average Bonchev–Trinajstić information content (AvgIpc) is 3.20. The highest BCUT2D eigenvalue weighted by Gasteiger charge is 2.35. The molecular weight excluding hydrogens is 837 g/mol. The number of carbonyl (C=O) groups excluding carboxylic acids is 9. The van der Waals surface area contributed by atoms with Gasteiger partial charge in [-0.25, -0.2) is 4.79 Å². The lowest BCUT2D eigenvalue weighted by Crippen LogP contribution is -2.61. The molecule has 14 N–H and O–H groups in total. The second kappa shape index (κ2) is 27.8. The molecular formula is C42H68N10O12. The summed E-state index contributed by atoms with van der Waals surface area (Å²) in [7, 11) is 0. The third kappa shape index (κ3) is 20.8. The van der Waals surface area contributed by atoms with Crippen molar-refractivity contribution in [2.75, 3.05) is 13.1 Å². The highest BCUT2D eigenvalue weighted by atomic mass is 16.4. The van der Waals surface area contributed by atoms with Gasteiger partial charge in [0.15, 0.2) is 0 Å². The number of aliphatic carboxylic acids is 1. The first-order chi connectivity index (χ1) is 29.9. The molecule has 0 bridgehead atoms. The fourth-order valence-corrected chi connectivity index (χ4v) is 6.18. The van der Waals surface area contributed by atoms with Gasteiger partial charge in [0.05, 0.1) is 19.2 Å². The lowest BCUT2D eigenvalue weighted by molar-refractivity contribution is -0.143. The molecule has 0 aliphatic heterocycles. The highest BCUT2D eigenvalue weighted by molar-refractivity contribution is 5.97. The Kier molecular flexibility index (Phi) is 24.3. The van der Waals surface area contributed by atoms with Gasteiger partial charge in [0.1, 0.15) is 42.3 Å². The predicted octanol–water partition coefficient (Wildman–Crippen LogP) is -2.80. The van der Waals surface area contributed by atoms with E-state index >= 15 is 0 Å². The van der Waals surface area contributed by atoms with E-state index < -0.39 is 127 Å². The standard InChI is InChI=1S/C42H68N10O12/c1-21(2)16-28(50-41(62)35(25(8)53)52-38(59)27(14-15-31(44)54)48-39(60)29(17-22(3)4)47-32(55)19-43)37(58)45-20-33(56)46-24(7)36(57)49-30(18-26-12-10-9-11-13-26)40(61)51-34(23(5)6)42(63)64/h9-13,21-25,27-30,34-35,53H,14-20,43H2,1-8H3,(H2,44,54)(H,45,58)(H,46,56)(H,47,55)(H,48,60)(H,49,57)(H,50,62)(H,51,61)(H,52,59)(H,63,64)/t24-,25+,27-,28-,29-,30-,34-,35-/m0/s1. The van der Waals surface area contributed by atoms with Gasteiger partial charge in [-0.2, -0.15) is 0 Å². The van der Waals surface area contributed by atoms with Gasteiger partial charge in [0.2, 0.25) is 53.2 Å². The highest BCUT2D eigenvalue weighted by Crippen LogP contribution is 2.11. The number of benzene rings is 1. The van der Waals surface area contributed by atoms with E-state index in [9.17, 15) is 58.2 Å². The van der Waals surface area contributed by atoms with E-state index in [1.54, 1.807) is 71.9 Å². The molecule has 0 fully saturated rings. The zero-order valence-electron chi connectivity index (χ0n) is 37.8. The summed E-state index contributed by atoms with van der Waals surface area (Å²) in [6.45, 7) is 11.8. The SMILES string of the molecule is CC(C)C[C@H](NC(=O)CN)C(=O)N[C@@H](CCC(N)=O)C(=O)N[C@H](C(=O)N[C@@H](CC(C)C)C(=O)NCC(=O)N[C@@H](C)C(=O)N[C@@H](Cc1ccccc1)C(=O)N[C@H](C(=O)O)C(C)C)[C@@H](C)O. The molecule has 0 aromatic heterocycles. The van der Waals surface area contributed by atoms with Crippen LogP contribution in [0.3, 0.4) is 0 Å². The summed E-state index contributed by atoms with van der Waals surface area (Å²) in [5, 5.41) is 39.8. The van der Waals surface area contributed by atoms with Gasteiger partial charge < -0.3 is 64.2 Å². The van der Waals surface area contributed by atoms with Crippen molar-refractivity contribution >= 4 is 59.1 Å². The fourth-order valence-electron chi connectivity index (χ4n) is 6.18. The molecule has 9 amide bonds. The first kappa shape index (κ1) is 55.9. The summed E-state index contributed by atoms with van der Waals surface area (Å²) < 4.78 is 0. The zero-order valence-corrected chi connectivity index (χ0v) is 37.8. The van der Waals surface area contributed by atoms with Crippen LogP contribution in [0.4, 0.5) is 0 Å². The molecule has 0 saturated carbocycles. The van der Waals surface area contributed by atoms with Crippen LogP contribution in [0.5, 0.6) is 0 Å². The predicted molar refractivity (Wildman–Crippen MR) is 233 cm³/mol. The summed E-state index contributed by atoms with van der Waals surface area (Å²) >= 11 is 0. The Bertz CT molecular complexity index is 1780. The number of aliphatic hydroxyl groups is 1. The van der Waals surface area contributed by atoms with Crippen molar-refractivity contribution in [1.82, 2.24) is 42.5 Å². The average molecular weight is 905 g/mol. The summed E-state index contributed by atoms with van der Waals surface area (Å²) in [6, 6.07) is -0.588. The number of hydrogen-bond donors (Lipinski definition) is 12. The number of carboxylic acid groups (broad SMARTS) is 1. The van der Waals surface area contributed by atoms with E-state index in [0.717, 1.165) is 0 Å². The van der Waals surface area contributed by atoms with Crippen LogP contribution in [-0.2, 0) is 54.4 Å². The van der Waals surface area contributed by atoms with Gasteiger partial charge >= 0.3 is 5.97 Å². The number of amides is 9. The van der Waals surface area contributed by atoms with E-state index in [4.69, 9.17) is 11.5 Å². The second-order valence-electron chi connectivity index (χ2n) is 16.8. The Labute approximate surface area is 373 Å². The minimum absolute atomic E-state index is 0.00391. The molecule has 22 heteroatoms. The van der Waals surface area contributed by atoms with E-state index in [0.29, 0.717) is 5.56 Å². The number of rotatable bonds is 28. The van der Waals surface area contributed by atoms with Crippen molar-refractivity contribution in [2.45, 2.75) is 136 Å². The van der Waals surface area contributed by atoms with Crippen LogP contribution >= 0.6 is 0 Å². The van der Waals surface area contributed by atoms with Crippen LogP contribution in [0.25, 0.3) is 0 Å². The van der Waals surface area contributed by atoms with Gasteiger partial charge in [-0.15, -0.1) is 0 Å². The first-order valence-electron chi connectivity index (χ1n) is 21.2. The van der Waals surface area contributed by atoms with Gasteiger partial charge in [-0.05, 0) is 56.4 Å². The van der Waals surface area contributed by atoms with Gasteiger partial charge in [0, 0.05) is 12.8 Å². The molecule has 64 heavy (non-hydrogen) atoms. The van der Waals surface area contributed by atoms with Gasteiger partial charge in [0.25, 0.3) is 0 Å². The van der Waals surface area contributed by atoms with E-state index in [1.807, 2.05) is 0 Å². The Balaban J connectivity index is 3.10.